The minimum absolute atomic E-state index is 0.125. The molecule has 0 aliphatic heterocycles. The van der Waals surface area contributed by atoms with E-state index in [0.717, 1.165) is 18.1 Å². The van der Waals surface area contributed by atoms with E-state index >= 15 is 0 Å². The molecule has 4 N–H and O–H groups in total. The molecule has 6 heteroatoms. The van der Waals surface area contributed by atoms with Crippen molar-refractivity contribution in [1.82, 2.24) is 9.97 Å². The van der Waals surface area contributed by atoms with Gasteiger partial charge in [0.15, 0.2) is 0 Å². The van der Waals surface area contributed by atoms with Crippen molar-refractivity contribution in [3.05, 3.63) is 34.3 Å². The maximum Gasteiger partial charge on any atom is 0.145 e. The molecule has 0 bridgehead atoms. The second-order valence-electron chi connectivity index (χ2n) is 6.19. The topological polar surface area (TPSA) is 75.9 Å². The zero-order valence-electron chi connectivity index (χ0n) is 13.0. The molecule has 0 saturated carbocycles. The molecule has 0 aliphatic carbocycles. The molecule has 2 heterocycles. The molecule has 114 valence electrons. The lowest BCUT2D eigenvalue weighted by molar-refractivity contribution is 0.546. The predicted molar refractivity (Wildman–Crippen MR) is 89.6 cm³/mol. The van der Waals surface area contributed by atoms with Gasteiger partial charge in [-0.25, -0.2) is 15.8 Å². The van der Waals surface area contributed by atoms with Gasteiger partial charge in [-0.15, -0.1) is 11.3 Å². The molecule has 1 unspecified atom stereocenters. The number of thiophene rings is 1. The van der Waals surface area contributed by atoms with Crippen molar-refractivity contribution in [3.8, 4) is 0 Å². The van der Waals surface area contributed by atoms with Crippen molar-refractivity contribution in [2.75, 3.05) is 10.7 Å². The zero-order valence-corrected chi connectivity index (χ0v) is 13.8. The molecule has 0 radical (unpaired) electrons. The quantitative estimate of drug-likeness (QED) is 0.584. The van der Waals surface area contributed by atoms with E-state index in [-0.39, 0.29) is 11.5 Å². The summed E-state index contributed by atoms with van der Waals surface area (Å²) in [5, 5.41) is 5.53. The number of nitrogen functional groups attached to an aromatic ring is 1. The van der Waals surface area contributed by atoms with Crippen LogP contribution in [0.3, 0.4) is 0 Å². The van der Waals surface area contributed by atoms with E-state index in [0.29, 0.717) is 5.82 Å². The summed E-state index contributed by atoms with van der Waals surface area (Å²) >= 11 is 1.77. The van der Waals surface area contributed by atoms with E-state index in [1.807, 2.05) is 6.07 Å². The van der Waals surface area contributed by atoms with Gasteiger partial charge in [-0.3, -0.25) is 0 Å². The number of nitrogens with one attached hydrogen (secondary N) is 2. The number of hydrogen-bond acceptors (Lipinski definition) is 6. The number of hydrazine groups is 1. The lowest BCUT2D eigenvalue weighted by Crippen LogP contribution is -2.23. The highest BCUT2D eigenvalue weighted by Gasteiger charge is 2.19. The van der Waals surface area contributed by atoms with Gasteiger partial charge in [0.05, 0.1) is 0 Å². The van der Waals surface area contributed by atoms with Gasteiger partial charge in [0.1, 0.15) is 17.5 Å². The summed E-state index contributed by atoms with van der Waals surface area (Å²) < 4.78 is 0. The average Bonchev–Trinajstić information content (AvgIpc) is 2.89. The normalized spacial score (nSPS) is 13.0. The van der Waals surface area contributed by atoms with E-state index in [2.05, 4.69) is 65.9 Å². The van der Waals surface area contributed by atoms with Crippen molar-refractivity contribution >= 4 is 23.0 Å². The third kappa shape index (κ3) is 4.41. The molecule has 0 fully saturated rings. The van der Waals surface area contributed by atoms with Gasteiger partial charge in [0.2, 0.25) is 0 Å². The number of hydrogen-bond donors (Lipinski definition) is 3. The lowest BCUT2D eigenvalue weighted by Gasteiger charge is -2.20. The van der Waals surface area contributed by atoms with E-state index < -0.39 is 0 Å². The number of rotatable bonds is 5. The first-order valence-corrected chi connectivity index (χ1v) is 7.91. The van der Waals surface area contributed by atoms with Crippen molar-refractivity contribution in [1.29, 1.82) is 0 Å². The first-order chi connectivity index (χ1) is 9.88. The van der Waals surface area contributed by atoms with Crippen LogP contribution in [-0.4, -0.2) is 16.0 Å². The van der Waals surface area contributed by atoms with Gasteiger partial charge in [-0.05, 0) is 18.4 Å². The van der Waals surface area contributed by atoms with Crippen LogP contribution in [0, 0.1) is 0 Å². The summed E-state index contributed by atoms with van der Waals surface area (Å²) in [5.74, 6) is 7.70. The Labute approximate surface area is 130 Å². The van der Waals surface area contributed by atoms with Crippen LogP contribution in [-0.2, 0) is 11.8 Å². The maximum absolute atomic E-state index is 5.50. The molecule has 0 aromatic carbocycles. The molecular weight excluding hydrogens is 282 g/mol. The maximum atomic E-state index is 5.50. The fourth-order valence-corrected chi connectivity index (χ4v) is 2.80. The number of nitrogens with zero attached hydrogens (tertiary/aromatic N) is 2. The molecule has 0 saturated heterocycles. The molecule has 0 aliphatic rings. The van der Waals surface area contributed by atoms with Crippen LogP contribution in [0.4, 0.5) is 11.6 Å². The van der Waals surface area contributed by atoms with Gasteiger partial charge < -0.3 is 10.7 Å². The summed E-state index contributed by atoms with van der Waals surface area (Å²) in [4.78, 5) is 10.4. The van der Waals surface area contributed by atoms with E-state index in [1.165, 1.54) is 4.88 Å². The molecule has 1 atom stereocenters. The highest BCUT2D eigenvalue weighted by atomic mass is 32.1. The van der Waals surface area contributed by atoms with Crippen LogP contribution in [0.15, 0.2) is 23.6 Å². The molecular formula is C15H23N5S. The van der Waals surface area contributed by atoms with Gasteiger partial charge in [-0.1, -0.05) is 26.8 Å². The summed E-state index contributed by atoms with van der Waals surface area (Å²) in [6.07, 6.45) is 0.970. The van der Waals surface area contributed by atoms with Crippen molar-refractivity contribution < 1.29 is 0 Å². The summed E-state index contributed by atoms with van der Waals surface area (Å²) in [7, 11) is 0. The zero-order chi connectivity index (χ0) is 15.5. The molecule has 2 aromatic rings. The van der Waals surface area contributed by atoms with Crippen LogP contribution in [0.1, 0.15) is 38.4 Å². The van der Waals surface area contributed by atoms with Crippen LogP contribution in [0.5, 0.6) is 0 Å². The fourth-order valence-electron chi connectivity index (χ4n) is 1.96. The predicted octanol–water partition coefficient (Wildman–Crippen LogP) is 3.16. The summed E-state index contributed by atoms with van der Waals surface area (Å²) in [6.45, 7) is 8.40. The van der Waals surface area contributed by atoms with Crippen LogP contribution >= 0.6 is 11.3 Å². The SMILES string of the molecule is CC(Cc1cccs1)Nc1cc(NN)nc(C(C)(C)C)n1. The van der Waals surface area contributed by atoms with Crippen molar-refractivity contribution in [2.45, 2.75) is 45.6 Å². The highest BCUT2D eigenvalue weighted by Crippen LogP contribution is 2.22. The Morgan fingerprint density at radius 2 is 2.00 bits per heavy atom. The Kier molecular flexibility index (Phi) is 4.80. The fraction of sp³-hybridized carbons (Fsp3) is 0.467. The smallest absolute Gasteiger partial charge is 0.145 e. The van der Waals surface area contributed by atoms with Crippen LogP contribution in [0.2, 0.25) is 0 Å². The standard InChI is InChI=1S/C15H23N5S/c1-10(8-11-6-5-7-21-11)17-12-9-13(20-16)19-14(18-12)15(2,3)4/h5-7,9-10H,8,16H2,1-4H3,(H2,17,18,19,20). The van der Waals surface area contributed by atoms with Crippen molar-refractivity contribution in [3.63, 3.8) is 0 Å². The molecule has 0 amide bonds. The number of nitrogens with two attached hydrogens (primary N) is 1. The highest BCUT2D eigenvalue weighted by molar-refractivity contribution is 7.09. The first-order valence-electron chi connectivity index (χ1n) is 7.03. The van der Waals surface area contributed by atoms with Crippen LogP contribution in [0.25, 0.3) is 0 Å². The van der Waals surface area contributed by atoms with Gasteiger partial charge >= 0.3 is 0 Å². The third-order valence-electron chi connectivity index (χ3n) is 3.03. The van der Waals surface area contributed by atoms with Crippen molar-refractivity contribution in [2.24, 2.45) is 5.84 Å². The van der Waals surface area contributed by atoms with Crippen LogP contribution < -0.4 is 16.6 Å². The van der Waals surface area contributed by atoms with Gasteiger partial charge in [-0.2, -0.15) is 0 Å². The number of anilines is 2. The third-order valence-corrected chi connectivity index (χ3v) is 3.93. The minimum Gasteiger partial charge on any atom is -0.367 e. The molecule has 2 aromatic heterocycles. The second-order valence-corrected chi connectivity index (χ2v) is 7.22. The Morgan fingerprint density at radius 1 is 1.29 bits per heavy atom. The van der Waals surface area contributed by atoms with E-state index in [9.17, 15) is 0 Å². The van der Waals surface area contributed by atoms with Gasteiger partial charge in [0.25, 0.3) is 0 Å². The molecule has 2 rings (SSSR count). The monoisotopic (exact) mass is 305 g/mol. The molecule has 5 nitrogen and oxygen atoms in total. The Bertz CT molecular complexity index is 574. The molecule has 0 spiro atoms. The Morgan fingerprint density at radius 3 is 2.57 bits per heavy atom. The summed E-state index contributed by atoms with van der Waals surface area (Å²) in [6, 6.07) is 6.35. The second kappa shape index (κ2) is 6.41. The van der Waals surface area contributed by atoms with E-state index in [4.69, 9.17) is 5.84 Å². The summed E-state index contributed by atoms with van der Waals surface area (Å²) in [5.41, 5.74) is 2.48. The largest absolute Gasteiger partial charge is 0.367 e. The molecule has 21 heavy (non-hydrogen) atoms. The Hall–Kier alpha value is -1.66. The van der Waals surface area contributed by atoms with Gasteiger partial charge in [0, 0.05) is 28.8 Å². The lowest BCUT2D eigenvalue weighted by atomic mass is 9.96. The first kappa shape index (κ1) is 15.7. The number of aromatic nitrogens is 2. The minimum atomic E-state index is -0.125. The average molecular weight is 305 g/mol. The Balaban J connectivity index is 2.15. The van der Waals surface area contributed by atoms with E-state index in [1.54, 1.807) is 11.3 Å².